The van der Waals surface area contributed by atoms with E-state index in [-0.39, 0.29) is 37.5 Å². The van der Waals surface area contributed by atoms with E-state index in [2.05, 4.69) is 0 Å². The Morgan fingerprint density at radius 1 is 0.639 bits per heavy atom. The fraction of sp³-hybridized carbons (Fsp3) is 0.500. The van der Waals surface area contributed by atoms with Crippen molar-refractivity contribution in [3.8, 4) is 0 Å². The molecule has 0 bridgehead atoms. The van der Waals surface area contributed by atoms with Gasteiger partial charge in [-0.3, -0.25) is 9.59 Å². The van der Waals surface area contributed by atoms with Crippen molar-refractivity contribution in [1.29, 1.82) is 0 Å². The number of nitrogens with zero attached hydrogens (tertiary/aromatic N) is 2. The van der Waals surface area contributed by atoms with Crippen LogP contribution in [0.4, 0.5) is 0 Å². The smallest absolute Gasteiger partial charge is 0.222 e. The number of carbonyl (C=O) groups excluding carboxylic acids is 2. The van der Waals surface area contributed by atoms with Crippen molar-refractivity contribution in [3.63, 3.8) is 0 Å². The average Bonchev–Trinajstić information content (AvgIpc) is 2.96. The van der Waals surface area contributed by atoms with Crippen LogP contribution in [0.3, 0.4) is 0 Å². The molecule has 2 heterocycles. The van der Waals surface area contributed by atoms with Crippen LogP contribution in [0.2, 0.25) is 0 Å². The van der Waals surface area contributed by atoms with Gasteiger partial charge in [0, 0.05) is 39.0 Å². The molecule has 2 aromatic carbocycles. The summed E-state index contributed by atoms with van der Waals surface area (Å²) < 4.78 is 10.7. The van der Waals surface area contributed by atoms with Gasteiger partial charge < -0.3 is 29.5 Å². The first kappa shape index (κ1) is 26.3. The highest BCUT2D eigenvalue weighted by Gasteiger charge is 2.51. The van der Waals surface area contributed by atoms with Crippen molar-refractivity contribution >= 4 is 11.8 Å². The van der Waals surface area contributed by atoms with Crippen LogP contribution in [0.25, 0.3) is 0 Å². The minimum absolute atomic E-state index is 0.00431. The summed E-state index contributed by atoms with van der Waals surface area (Å²) in [5.41, 5.74) is -2.60. The molecule has 0 saturated carbocycles. The molecule has 0 radical (unpaired) electrons. The molecule has 2 N–H and O–H groups in total. The molecule has 2 fully saturated rings. The monoisotopic (exact) mass is 496 g/mol. The second-order valence-corrected chi connectivity index (χ2v) is 9.44. The van der Waals surface area contributed by atoms with Crippen LogP contribution in [0, 0.1) is 0 Å². The first-order valence-electron chi connectivity index (χ1n) is 12.7. The molecular formula is C28H36N2O6. The van der Waals surface area contributed by atoms with Crippen LogP contribution in [-0.4, -0.2) is 84.4 Å². The highest BCUT2D eigenvalue weighted by Crippen LogP contribution is 2.47. The van der Waals surface area contributed by atoms with Gasteiger partial charge in [-0.25, -0.2) is 0 Å². The number of rotatable bonds is 9. The van der Waals surface area contributed by atoms with E-state index in [0.717, 1.165) is 0 Å². The van der Waals surface area contributed by atoms with Gasteiger partial charge in [0.25, 0.3) is 0 Å². The van der Waals surface area contributed by atoms with Gasteiger partial charge in [-0.1, -0.05) is 60.7 Å². The van der Waals surface area contributed by atoms with Gasteiger partial charge in [0.15, 0.2) is 0 Å². The Bertz CT molecular complexity index is 910. The molecule has 0 spiro atoms. The molecule has 2 atom stereocenters. The lowest BCUT2D eigenvalue weighted by atomic mass is 9.68. The van der Waals surface area contributed by atoms with E-state index in [1.54, 1.807) is 58.3 Å². The molecule has 2 aliphatic rings. The molecule has 2 amide bonds. The summed E-state index contributed by atoms with van der Waals surface area (Å²) in [6.45, 7) is 4.02. The highest BCUT2D eigenvalue weighted by molar-refractivity contribution is 5.77. The third-order valence-corrected chi connectivity index (χ3v) is 7.32. The summed E-state index contributed by atoms with van der Waals surface area (Å²) in [5.74, 6) is -0.181. The van der Waals surface area contributed by atoms with Crippen molar-refractivity contribution in [2.24, 2.45) is 0 Å². The van der Waals surface area contributed by atoms with Gasteiger partial charge in [0.05, 0.1) is 26.4 Å². The van der Waals surface area contributed by atoms with Crippen molar-refractivity contribution in [2.75, 3.05) is 52.6 Å². The molecule has 8 heteroatoms. The van der Waals surface area contributed by atoms with Crippen molar-refractivity contribution in [1.82, 2.24) is 9.80 Å². The standard InChI is InChI=1S/C28H36N2O6/c31-25(29-15-19-35-20-16-29)11-13-27(33,23-7-3-1-4-8-23)28(34,24-9-5-2-6-10-24)14-12-26(32)30-17-21-36-22-18-30/h1-10,33-34H,11-22H2/t27-,28-/m1/s1. The molecule has 4 rings (SSSR count). The van der Waals surface area contributed by atoms with Crippen LogP contribution in [0.1, 0.15) is 36.8 Å². The van der Waals surface area contributed by atoms with Gasteiger partial charge in [-0.05, 0) is 24.0 Å². The Morgan fingerprint density at radius 3 is 1.31 bits per heavy atom. The lowest BCUT2D eigenvalue weighted by Gasteiger charge is -2.45. The summed E-state index contributed by atoms with van der Waals surface area (Å²) in [4.78, 5) is 29.5. The van der Waals surface area contributed by atoms with Crippen LogP contribution in [0.15, 0.2) is 60.7 Å². The Hall–Kier alpha value is -2.78. The Balaban J connectivity index is 1.64. The zero-order valence-electron chi connectivity index (χ0n) is 20.7. The van der Waals surface area contributed by atoms with Crippen molar-refractivity contribution in [3.05, 3.63) is 71.8 Å². The number of ether oxygens (including phenoxy) is 2. The zero-order chi connectivity index (χ0) is 25.4. The minimum atomic E-state index is -1.80. The molecule has 0 aliphatic carbocycles. The summed E-state index contributed by atoms with van der Waals surface area (Å²) >= 11 is 0. The van der Waals surface area contributed by atoms with Gasteiger partial charge in [-0.2, -0.15) is 0 Å². The van der Waals surface area contributed by atoms with Gasteiger partial charge in [0.2, 0.25) is 11.8 Å². The number of amides is 2. The van der Waals surface area contributed by atoms with E-state index in [0.29, 0.717) is 63.7 Å². The Kier molecular flexibility index (Phi) is 8.74. The first-order valence-corrected chi connectivity index (χ1v) is 12.7. The SMILES string of the molecule is O=C(CC[C@@](O)(c1ccccc1)[C@@](O)(CCC(=O)N1CCOCC1)c1ccccc1)N1CCOCC1. The lowest BCUT2D eigenvalue weighted by molar-refractivity contribution is -0.180. The number of hydrogen-bond donors (Lipinski definition) is 2. The van der Waals surface area contributed by atoms with Crippen molar-refractivity contribution < 1.29 is 29.3 Å². The lowest BCUT2D eigenvalue weighted by Crippen LogP contribution is -2.51. The molecule has 0 aromatic heterocycles. The number of hydrogen-bond acceptors (Lipinski definition) is 6. The van der Waals surface area contributed by atoms with Crippen molar-refractivity contribution in [2.45, 2.75) is 36.9 Å². The summed E-state index contributed by atoms with van der Waals surface area (Å²) in [5, 5.41) is 24.7. The quantitative estimate of drug-likeness (QED) is 0.551. The third kappa shape index (κ3) is 5.78. The van der Waals surface area contributed by atoms with E-state index in [1.165, 1.54) is 0 Å². The van der Waals surface area contributed by atoms with E-state index in [1.807, 2.05) is 12.1 Å². The topological polar surface area (TPSA) is 99.5 Å². The number of morpholine rings is 2. The van der Waals surface area contributed by atoms with E-state index in [9.17, 15) is 19.8 Å². The fourth-order valence-electron chi connectivity index (χ4n) is 5.12. The zero-order valence-corrected chi connectivity index (χ0v) is 20.7. The minimum Gasteiger partial charge on any atom is -0.382 e. The maximum Gasteiger partial charge on any atom is 0.222 e. The maximum absolute atomic E-state index is 13.0. The maximum atomic E-state index is 13.0. The number of benzene rings is 2. The predicted octanol–water partition coefficient (Wildman–Crippen LogP) is 2.04. The molecule has 36 heavy (non-hydrogen) atoms. The molecule has 0 unspecified atom stereocenters. The summed E-state index contributed by atoms with van der Waals surface area (Å²) in [6.07, 6.45) is 0.116. The third-order valence-electron chi connectivity index (χ3n) is 7.32. The molecular weight excluding hydrogens is 460 g/mol. The number of aliphatic hydroxyl groups is 2. The van der Waals surface area contributed by atoms with Crippen LogP contribution in [0.5, 0.6) is 0 Å². The normalized spacial score (nSPS) is 19.8. The van der Waals surface area contributed by atoms with Crippen LogP contribution in [-0.2, 0) is 30.3 Å². The number of carbonyl (C=O) groups is 2. The average molecular weight is 497 g/mol. The Labute approximate surface area is 212 Å². The van der Waals surface area contributed by atoms with Gasteiger partial charge >= 0.3 is 0 Å². The summed E-state index contributed by atoms with van der Waals surface area (Å²) in [6, 6.07) is 17.9. The predicted molar refractivity (Wildman–Crippen MR) is 134 cm³/mol. The fourth-order valence-corrected chi connectivity index (χ4v) is 5.12. The Morgan fingerprint density at radius 2 is 0.972 bits per heavy atom. The van der Waals surface area contributed by atoms with Gasteiger partial charge in [0.1, 0.15) is 11.2 Å². The van der Waals surface area contributed by atoms with Gasteiger partial charge in [-0.15, -0.1) is 0 Å². The largest absolute Gasteiger partial charge is 0.382 e. The second kappa shape index (κ2) is 12.0. The molecule has 8 nitrogen and oxygen atoms in total. The molecule has 2 aliphatic heterocycles. The highest BCUT2D eigenvalue weighted by atomic mass is 16.5. The second-order valence-electron chi connectivity index (χ2n) is 9.44. The van der Waals surface area contributed by atoms with E-state index in [4.69, 9.17) is 9.47 Å². The molecule has 2 aromatic rings. The first-order chi connectivity index (χ1) is 17.4. The molecule has 2 saturated heterocycles. The van der Waals surface area contributed by atoms with Crippen LogP contribution < -0.4 is 0 Å². The van der Waals surface area contributed by atoms with Crippen LogP contribution >= 0.6 is 0 Å². The van der Waals surface area contributed by atoms with E-state index < -0.39 is 11.2 Å². The van der Waals surface area contributed by atoms with E-state index >= 15 is 0 Å². The molecule has 194 valence electrons. The summed E-state index contributed by atoms with van der Waals surface area (Å²) in [7, 11) is 0.